The van der Waals surface area contributed by atoms with Crippen LogP contribution in [-0.2, 0) is 0 Å². The Labute approximate surface area is 81.1 Å². The standard InChI is InChI=1S/C10H22N2O/c1-2-11-10-5-3-6-12(9-10)7-4-8-13/h10-11,13H,2-9H2,1H3. The first-order valence-corrected chi connectivity index (χ1v) is 5.43. The molecule has 0 spiro atoms. The topological polar surface area (TPSA) is 35.5 Å². The summed E-state index contributed by atoms with van der Waals surface area (Å²) in [4.78, 5) is 2.45. The summed E-state index contributed by atoms with van der Waals surface area (Å²) in [6.45, 7) is 6.97. The van der Waals surface area contributed by atoms with Gasteiger partial charge in [0.15, 0.2) is 0 Å². The summed E-state index contributed by atoms with van der Waals surface area (Å²) in [5, 5.41) is 12.2. The second-order valence-electron chi connectivity index (χ2n) is 3.77. The highest BCUT2D eigenvalue weighted by molar-refractivity contribution is 4.77. The first-order valence-electron chi connectivity index (χ1n) is 5.43. The summed E-state index contributed by atoms with van der Waals surface area (Å²) in [6.07, 6.45) is 3.52. The number of nitrogens with one attached hydrogen (secondary N) is 1. The monoisotopic (exact) mass is 186 g/mol. The number of hydrogen-bond acceptors (Lipinski definition) is 3. The molecule has 1 unspecified atom stereocenters. The van der Waals surface area contributed by atoms with Crippen molar-refractivity contribution in [1.82, 2.24) is 10.2 Å². The van der Waals surface area contributed by atoms with Gasteiger partial charge in [-0.15, -0.1) is 0 Å². The zero-order chi connectivity index (χ0) is 9.52. The first-order chi connectivity index (χ1) is 6.36. The quantitative estimate of drug-likeness (QED) is 0.654. The molecule has 2 N–H and O–H groups in total. The number of likely N-dealkylation sites (N-methyl/N-ethyl adjacent to an activating group) is 1. The van der Waals surface area contributed by atoms with E-state index in [0.717, 1.165) is 26.1 Å². The van der Waals surface area contributed by atoms with Gasteiger partial charge in [-0.1, -0.05) is 6.92 Å². The van der Waals surface area contributed by atoms with Gasteiger partial charge in [0.25, 0.3) is 0 Å². The zero-order valence-electron chi connectivity index (χ0n) is 8.63. The van der Waals surface area contributed by atoms with Crippen molar-refractivity contribution in [3.63, 3.8) is 0 Å². The van der Waals surface area contributed by atoms with Crippen molar-refractivity contribution >= 4 is 0 Å². The second-order valence-corrected chi connectivity index (χ2v) is 3.77. The third kappa shape index (κ3) is 4.07. The van der Waals surface area contributed by atoms with Gasteiger partial charge in [0.2, 0.25) is 0 Å². The highest BCUT2D eigenvalue weighted by Gasteiger charge is 2.17. The highest BCUT2D eigenvalue weighted by atomic mass is 16.3. The predicted octanol–water partition coefficient (Wildman–Crippen LogP) is 0.443. The molecule has 1 atom stereocenters. The van der Waals surface area contributed by atoms with E-state index in [1.165, 1.54) is 19.4 Å². The summed E-state index contributed by atoms with van der Waals surface area (Å²) < 4.78 is 0. The Bertz CT molecular complexity index is 128. The lowest BCUT2D eigenvalue weighted by Gasteiger charge is -2.32. The minimum atomic E-state index is 0.322. The number of rotatable bonds is 5. The molecule has 1 rings (SSSR count). The summed E-state index contributed by atoms with van der Waals surface area (Å²) in [6, 6.07) is 0.678. The Morgan fingerprint density at radius 3 is 3.08 bits per heavy atom. The lowest BCUT2D eigenvalue weighted by molar-refractivity contribution is 0.173. The molecule has 1 saturated heterocycles. The van der Waals surface area contributed by atoms with Gasteiger partial charge in [-0.3, -0.25) is 0 Å². The Morgan fingerprint density at radius 2 is 2.38 bits per heavy atom. The molecular formula is C10H22N2O. The molecule has 0 radical (unpaired) electrons. The van der Waals surface area contributed by atoms with Crippen molar-refractivity contribution in [3.8, 4) is 0 Å². The maximum Gasteiger partial charge on any atom is 0.0443 e. The van der Waals surface area contributed by atoms with Crippen LogP contribution in [0, 0.1) is 0 Å². The van der Waals surface area contributed by atoms with E-state index in [-0.39, 0.29) is 0 Å². The molecule has 0 aromatic heterocycles. The molecule has 0 amide bonds. The van der Waals surface area contributed by atoms with E-state index in [4.69, 9.17) is 5.11 Å². The summed E-state index contributed by atoms with van der Waals surface area (Å²) in [5.74, 6) is 0. The molecule has 0 aromatic rings. The smallest absolute Gasteiger partial charge is 0.0443 e. The fourth-order valence-corrected chi connectivity index (χ4v) is 2.01. The first kappa shape index (κ1) is 11.0. The van der Waals surface area contributed by atoms with Gasteiger partial charge in [-0.05, 0) is 32.4 Å². The van der Waals surface area contributed by atoms with Crippen LogP contribution in [0.3, 0.4) is 0 Å². The van der Waals surface area contributed by atoms with Crippen LogP contribution in [0.15, 0.2) is 0 Å². The minimum Gasteiger partial charge on any atom is -0.396 e. The van der Waals surface area contributed by atoms with Gasteiger partial charge in [0, 0.05) is 25.7 Å². The predicted molar refractivity (Wildman–Crippen MR) is 54.8 cm³/mol. The summed E-state index contributed by atoms with van der Waals surface area (Å²) in [7, 11) is 0. The van der Waals surface area contributed by atoms with Gasteiger partial charge in [-0.25, -0.2) is 0 Å². The van der Waals surface area contributed by atoms with E-state index in [1.807, 2.05) is 0 Å². The van der Waals surface area contributed by atoms with E-state index in [1.54, 1.807) is 0 Å². The number of aliphatic hydroxyl groups is 1. The summed E-state index contributed by atoms with van der Waals surface area (Å²) in [5.41, 5.74) is 0. The highest BCUT2D eigenvalue weighted by Crippen LogP contribution is 2.09. The fourth-order valence-electron chi connectivity index (χ4n) is 2.01. The number of aliphatic hydroxyl groups excluding tert-OH is 1. The maximum absolute atomic E-state index is 8.72. The van der Waals surface area contributed by atoms with Crippen molar-refractivity contribution in [2.24, 2.45) is 0 Å². The molecule has 3 nitrogen and oxygen atoms in total. The zero-order valence-corrected chi connectivity index (χ0v) is 8.63. The van der Waals surface area contributed by atoms with E-state index in [0.29, 0.717) is 12.6 Å². The van der Waals surface area contributed by atoms with E-state index < -0.39 is 0 Å². The maximum atomic E-state index is 8.72. The Hall–Kier alpha value is -0.120. The van der Waals surface area contributed by atoms with Crippen LogP contribution in [0.1, 0.15) is 26.2 Å². The molecule has 1 aliphatic heterocycles. The van der Waals surface area contributed by atoms with Crippen LogP contribution in [0.4, 0.5) is 0 Å². The molecule has 0 aliphatic carbocycles. The van der Waals surface area contributed by atoms with Crippen molar-refractivity contribution in [2.75, 3.05) is 32.8 Å². The number of hydrogen-bond donors (Lipinski definition) is 2. The molecule has 0 aromatic carbocycles. The number of nitrogens with zero attached hydrogens (tertiary/aromatic N) is 1. The third-order valence-electron chi connectivity index (χ3n) is 2.63. The van der Waals surface area contributed by atoms with Crippen LogP contribution in [0.5, 0.6) is 0 Å². The van der Waals surface area contributed by atoms with Crippen molar-refractivity contribution in [2.45, 2.75) is 32.2 Å². The Morgan fingerprint density at radius 1 is 1.54 bits per heavy atom. The number of likely N-dealkylation sites (tertiary alicyclic amines) is 1. The van der Waals surface area contributed by atoms with Gasteiger partial charge in [0.05, 0.1) is 0 Å². The van der Waals surface area contributed by atoms with Gasteiger partial charge < -0.3 is 15.3 Å². The molecule has 1 fully saturated rings. The van der Waals surface area contributed by atoms with E-state index in [9.17, 15) is 0 Å². The van der Waals surface area contributed by atoms with Crippen LogP contribution in [-0.4, -0.2) is 48.8 Å². The van der Waals surface area contributed by atoms with Crippen LogP contribution >= 0.6 is 0 Å². The molecule has 1 heterocycles. The average molecular weight is 186 g/mol. The van der Waals surface area contributed by atoms with Crippen LogP contribution in [0.2, 0.25) is 0 Å². The minimum absolute atomic E-state index is 0.322. The SMILES string of the molecule is CCNC1CCCN(CCCO)C1. The molecule has 3 heteroatoms. The molecule has 78 valence electrons. The average Bonchev–Trinajstić information content (AvgIpc) is 2.16. The van der Waals surface area contributed by atoms with Gasteiger partial charge >= 0.3 is 0 Å². The Balaban J connectivity index is 2.16. The number of piperidine rings is 1. The van der Waals surface area contributed by atoms with Crippen molar-refractivity contribution < 1.29 is 5.11 Å². The Kier molecular flexibility index (Phi) is 5.35. The van der Waals surface area contributed by atoms with Crippen LogP contribution < -0.4 is 5.32 Å². The molecule has 0 saturated carbocycles. The molecule has 0 bridgehead atoms. The van der Waals surface area contributed by atoms with Crippen LogP contribution in [0.25, 0.3) is 0 Å². The second kappa shape index (κ2) is 6.35. The van der Waals surface area contributed by atoms with E-state index in [2.05, 4.69) is 17.1 Å². The lowest BCUT2D eigenvalue weighted by atomic mass is 10.1. The normalized spacial score (nSPS) is 24.9. The van der Waals surface area contributed by atoms with Gasteiger partial charge in [0.1, 0.15) is 0 Å². The largest absolute Gasteiger partial charge is 0.396 e. The van der Waals surface area contributed by atoms with Crippen molar-refractivity contribution in [3.05, 3.63) is 0 Å². The molecule has 1 aliphatic rings. The molecular weight excluding hydrogens is 164 g/mol. The lowest BCUT2D eigenvalue weighted by Crippen LogP contribution is -2.45. The van der Waals surface area contributed by atoms with E-state index >= 15 is 0 Å². The fraction of sp³-hybridized carbons (Fsp3) is 1.00. The molecule has 13 heavy (non-hydrogen) atoms. The van der Waals surface area contributed by atoms with Gasteiger partial charge in [-0.2, -0.15) is 0 Å². The van der Waals surface area contributed by atoms with Crippen molar-refractivity contribution in [1.29, 1.82) is 0 Å². The third-order valence-corrected chi connectivity index (χ3v) is 2.63. The summed E-state index contributed by atoms with van der Waals surface area (Å²) >= 11 is 0.